The molecular weight excluding hydrogens is 556 g/mol. The minimum atomic E-state index is -2.84. The van der Waals surface area contributed by atoms with Crippen LogP contribution in [-0.2, 0) is 21.5 Å². The van der Waals surface area contributed by atoms with Gasteiger partial charge in [-0.25, -0.2) is 4.21 Å². The molecule has 1 unspecified atom stereocenters. The van der Waals surface area contributed by atoms with Gasteiger partial charge < -0.3 is 14.7 Å². The summed E-state index contributed by atoms with van der Waals surface area (Å²) in [6.45, 7) is 5.98. The predicted octanol–water partition coefficient (Wildman–Crippen LogP) is 5.91. The number of anilines is 1. The van der Waals surface area contributed by atoms with Gasteiger partial charge in [0.05, 0.1) is 27.6 Å². The summed E-state index contributed by atoms with van der Waals surface area (Å²) in [4.78, 5) is 15.8. The highest BCUT2D eigenvalue weighted by atomic mass is 35.5. The zero-order valence-electron chi connectivity index (χ0n) is 24.3. The number of aryl methyl sites for hydroxylation is 1. The second-order valence-electron chi connectivity index (χ2n) is 13.3. The van der Waals surface area contributed by atoms with Crippen molar-refractivity contribution in [2.75, 3.05) is 24.6 Å². The maximum absolute atomic E-state index is 13.4. The Morgan fingerprint density at radius 1 is 1.12 bits per heavy atom. The SMILES string of the molecule is C=S1(=O)NC(=O)c2ccc3c(c2)N(C[C@@H]2CC[C@H]2[C@](C)(O)CCCC[C@H]1C)C[C@@]1(CCCc2cc(Cl)ccc21)CO3. The summed E-state index contributed by atoms with van der Waals surface area (Å²) in [7, 11) is -2.84. The van der Waals surface area contributed by atoms with Gasteiger partial charge in [0.2, 0.25) is 0 Å². The molecule has 1 spiro atoms. The van der Waals surface area contributed by atoms with Gasteiger partial charge >= 0.3 is 0 Å². The molecule has 2 aromatic rings. The first-order valence-corrected chi connectivity index (χ1v) is 17.4. The maximum atomic E-state index is 13.4. The number of amides is 1. The summed E-state index contributed by atoms with van der Waals surface area (Å²) in [5.74, 6) is 4.88. The Morgan fingerprint density at radius 2 is 1.95 bits per heavy atom. The van der Waals surface area contributed by atoms with E-state index in [9.17, 15) is 14.1 Å². The fraction of sp³-hybridized carbons (Fsp3) is 0.576. The fourth-order valence-corrected chi connectivity index (χ4v) is 9.13. The van der Waals surface area contributed by atoms with Crippen molar-refractivity contribution in [2.24, 2.45) is 11.8 Å². The lowest BCUT2D eigenvalue weighted by atomic mass is 9.63. The van der Waals surface area contributed by atoms with Crippen molar-refractivity contribution in [3.63, 3.8) is 0 Å². The maximum Gasteiger partial charge on any atom is 0.262 e. The van der Waals surface area contributed by atoms with E-state index in [1.54, 1.807) is 6.07 Å². The normalized spacial score (nSPS) is 35.8. The van der Waals surface area contributed by atoms with Crippen LogP contribution in [0.15, 0.2) is 36.4 Å². The van der Waals surface area contributed by atoms with Crippen LogP contribution in [0.4, 0.5) is 5.69 Å². The quantitative estimate of drug-likeness (QED) is 0.368. The number of carbonyl (C=O) groups excluding carboxylic acids is 1. The molecule has 2 heterocycles. The molecule has 2 aromatic carbocycles. The minimum absolute atomic E-state index is 0.209. The standard InChI is InChI=1S/C33H43ClN2O4S/c1-22-7-4-5-15-32(2,38)27-12-9-25(27)19-36-20-33(16-6-8-23-17-26(34)11-13-28(23)33)21-40-30-14-10-24(18-29(30)36)31(37)35-41(22,3)39/h10-11,13-14,17-18,22,25,27,38H,3-9,12,15-16,19-21H2,1-2H3,(H,35,37,39)/t22-,25+,27-,32-,33+,41?/m1/s1. The van der Waals surface area contributed by atoms with E-state index in [0.717, 1.165) is 74.5 Å². The summed E-state index contributed by atoms with van der Waals surface area (Å²) in [5.41, 5.74) is 2.97. The number of fused-ring (bicyclic) bond motifs is 4. The molecule has 6 atom stereocenters. The Bertz CT molecular complexity index is 1440. The molecule has 2 aliphatic heterocycles. The van der Waals surface area contributed by atoms with Crippen LogP contribution in [0, 0.1) is 11.8 Å². The molecule has 2 aliphatic carbocycles. The van der Waals surface area contributed by atoms with Gasteiger partial charge in [-0.1, -0.05) is 30.5 Å². The van der Waals surface area contributed by atoms with Crippen molar-refractivity contribution in [1.29, 1.82) is 0 Å². The Morgan fingerprint density at radius 3 is 2.73 bits per heavy atom. The molecule has 6 nitrogen and oxygen atoms in total. The third kappa shape index (κ3) is 5.50. The molecule has 1 saturated carbocycles. The van der Waals surface area contributed by atoms with E-state index >= 15 is 0 Å². The lowest BCUT2D eigenvalue weighted by molar-refractivity contribution is -0.0742. The van der Waals surface area contributed by atoms with E-state index < -0.39 is 15.3 Å². The second kappa shape index (κ2) is 10.8. The van der Waals surface area contributed by atoms with Gasteiger partial charge in [-0.2, -0.15) is 0 Å². The number of benzene rings is 2. The van der Waals surface area contributed by atoms with E-state index in [2.05, 4.69) is 27.6 Å². The van der Waals surface area contributed by atoms with Crippen LogP contribution in [0.5, 0.6) is 5.75 Å². The Kier molecular flexibility index (Phi) is 7.61. The first kappa shape index (κ1) is 28.9. The lowest BCUT2D eigenvalue weighted by Gasteiger charge is -2.49. The predicted molar refractivity (Wildman–Crippen MR) is 168 cm³/mol. The van der Waals surface area contributed by atoms with Gasteiger partial charge in [-0.3, -0.25) is 9.52 Å². The van der Waals surface area contributed by atoms with Gasteiger partial charge in [0, 0.05) is 34.3 Å². The Hall–Kier alpha value is -2.22. The molecule has 8 heteroatoms. The number of nitrogens with zero attached hydrogens (tertiary/aromatic N) is 1. The molecule has 0 saturated heterocycles. The summed E-state index contributed by atoms with van der Waals surface area (Å²) in [5, 5.41) is 12.1. The molecule has 0 radical (unpaired) electrons. The third-order valence-corrected chi connectivity index (χ3v) is 12.7. The van der Waals surface area contributed by atoms with E-state index in [-0.39, 0.29) is 22.5 Å². The molecule has 0 aromatic heterocycles. The van der Waals surface area contributed by atoms with Crippen LogP contribution in [0.1, 0.15) is 86.7 Å². The number of nitrogens with one attached hydrogen (secondary N) is 1. The average Bonchev–Trinajstić information content (AvgIpc) is 3.05. The highest BCUT2D eigenvalue weighted by Crippen LogP contribution is 2.48. The summed E-state index contributed by atoms with van der Waals surface area (Å²) in [6.07, 6.45) is 8.27. The molecule has 4 aliphatic rings. The van der Waals surface area contributed by atoms with E-state index in [1.807, 2.05) is 32.0 Å². The molecule has 6 rings (SSSR count). The van der Waals surface area contributed by atoms with Crippen LogP contribution in [-0.4, -0.2) is 51.6 Å². The number of rotatable bonds is 0. The van der Waals surface area contributed by atoms with Gasteiger partial charge in [-0.15, -0.1) is 0 Å². The van der Waals surface area contributed by atoms with Crippen molar-refractivity contribution in [3.05, 3.63) is 58.1 Å². The summed E-state index contributed by atoms with van der Waals surface area (Å²) < 4.78 is 22.8. The average molecular weight is 599 g/mol. The third-order valence-electron chi connectivity index (χ3n) is 10.4. The largest absolute Gasteiger partial charge is 0.490 e. The van der Waals surface area contributed by atoms with Crippen molar-refractivity contribution >= 4 is 38.8 Å². The number of ether oxygens (including phenoxy) is 1. The Labute approximate surface area is 249 Å². The molecular formula is C33H43ClN2O4S. The lowest BCUT2D eigenvalue weighted by Crippen LogP contribution is -2.52. The topological polar surface area (TPSA) is 78.9 Å². The summed E-state index contributed by atoms with van der Waals surface area (Å²) >= 11 is 6.41. The van der Waals surface area contributed by atoms with Gasteiger partial charge in [0.1, 0.15) is 5.75 Å². The van der Waals surface area contributed by atoms with Crippen LogP contribution in [0.2, 0.25) is 5.02 Å². The van der Waals surface area contributed by atoms with Crippen molar-refractivity contribution in [1.82, 2.24) is 4.72 Å². The smallest absolute Gasteiger partial charge is 0.262 e. The van der Waals surface area contributed by atoms with E-state index in [1.165, 1.54) is 11.1 Å². The van der Waals surface area contributed by atoms with Crippen LogP contribution < -0.4 is 14.4 Å². The number of carbonyl (C=O) groups is 1. The van der Waals surface area contributed by atoms with E-state index in [0.29, 0.717) is 30.9 Å². The molecule has 41 heavy (non-hydrogen) atoms. The van der Waals surface area contributed by atoms with Crippen molar-refractivity contribution < 1.29 is 18.8 Å². The second-order valence-corrected chi connectivity index (χ2v) is 16.2. The number of halogens is 1. The van der Waals surface area contributed by atoms with Crippen molar-refractivity contribution in [3.8, 4) is 5.75 Å². The summed E-state index contributed by atoms with van der Waals surface area (Å²) in [6, 6.07) is 11.8. The highest BCUT2D eigenvalue weighted by molar-refractivity contribution is 7.99. The van der Waals surface area contributed by atoms with Gasteiger partial charge in [-0.05, 0) is 118 Å². The van der Waals surface area contributed by atoms with Gasteiger partial charge in [0.25, 0.3) is 5.91 Å². The zero-order valence-corrected chi connectivity index (χ0v) is 25.9. The number of hydrogen-bond acceptors (Lipinski definition) is 5. The Balaban J connectivity index is 1.42. The first-order chi connectivity index (χ1) is 19.5. The van der Waals surface area contributed by atoms with Crippen molar-refractivity contribution in [2.45, 2.75) is 87.9 Å². The fourth-order valence-electron chi connectivity index (χ4n) is 7.75. The van der Waals surface area contributed by atoms with Gasteiger partial charge in [0.15, 0.2) is 0 Å². The zero-order chi connectivity index (χ0) is 29.0. The van der Waals surface area contributed by atoms with E-state index in [4.69, 9.17) is 16.3 Å². The van der Waals surface area contributed by atoms with Crippen LogP contribution in [0.25, 0.3) is 0 Å². The minimum Gasteiger partial charge on any atom is -0.490 e. The highest BCUT2D eigenvalue weighted by Gasteiger charge is 2.47. The number of hydrogen-bond donors (Lipinski definition) is 2. The molecule has 1 fully saturated rings. The van der Waals surface area contributed by atoms with Crippen LogP contribution >= 0.6 is 11.6 Å². The van der Waals surface area contributed by atoms with Crippen LogP contribution in [0.3, 0.4) is 0 Å². The molecule has 2 bridgehead atoms. The first-order valence-electron chi connectivity index (χ1n) is 15.2. The molecule has 1 amide bonds. The number of aliphatic hydroxyl groups is 1. The molecule has 2 N–H and O–H groups in total. The molecule has 222 valence electrons. The monoisotopic (exact) mass is 598 g/mol.